The molecule has 138 valence electrons. The number of halogens is 1. The number of nitrogens with one attached hydrogen (secondary N) is 1. The standard InChI is InChI=1S/C19H29FN4O/c20-16-4-6-17(7-5-16)24-14-12-23(13-15-24)11-10-22-18(25)19(21)8-2-1-3-9-19/h4-7H,1-3,8-15,21H2,(H,22,25). The van der Waals surface area contributed by atoms with Crippen molar-refractivity contribution < 1.29 is 9.18 Å². The first-order chi connectivity index (χ1) is 12.1. The van der Waals surface area contributed by atoms with Gasteiger partial charge in [-0.3, -0.25) is 9.69 Å². The lowest BCUT2D eigenvalue weighted by molar-refractivity contribution is -0.127. The van der Waals surface area contributed by atoms with Crippen molar-refractivity contribution in [1.82, 2.24) is 10.2 Å². The van der Waals surface area contributed by atoms with Gasteiger partial charge in [-0.25, -0.2) is 4.39 Å². The highest BCUT2D eigenvalue weighted by Crippen LogP contribution is 2.25. The van der Waals surface area contributed by atoms with Crippen LogP contribution in [0.15, 0.2) is 24.3 Å². The Kier molecular flexibility index (Phi) is 5.91. The summed E-state index contributed by atoms with van der Waals surface area (Å²) in [5, 5.41) is 3.03. The zero-order valence-corrected chi connectivity index (χ0v) is 14.8. The molecule has 3 rings (SSSR count). The third kappa shape index (κ3) is 4.70. The summed E-state index contributed by atoms with van der Waals surface area (Å²) in [6.07, 6.45) is 4.89. The van der Waals surface area contributed by atoms with Gasteiger partial charge in [0.15, 0.2) is 0 Å². The van der Waals surface area contributed by atoms with Gasteiger partial charge in [-0.05, 0) is 37.1 Å². The number of amides is 1. The number of benzene rings is 1. The summed E-state index contributed by atoms with van der Waals surface area (Å²) in [4.78, 5) is 17.0. The van der Waals surface area contributed by atoms with Crippen LogP contribution in [0.1, 0.15) is 32.1 Å². The first kappa shape index (κ1) is 18.1. The average molecular weight is 348 g/mol. The largest absolute Gasteiger partial charge is 0.369 e. The fourth-order valence-electron chi connectivity index (χ4n) is 3.79. The van der Waals surface area contributed by atoms with Gasteiger partial charge in [0.25, 0.3) is 0 Å². The fourth-order valence-corrected chi connectivity index (χ4v) is 3.79. The highest BCUT2D eigenvalue weighted by atomic mass is 19.1. The molecule has 2 aliphatic rings. The van der Waals surface area contributed by atoms with E-state index in [0.29, 0.717) is 6.54 Å². The summed E-state index contributed by atoms with van der Waals surface area (Å²) >= 11 is 0. The lowest BCUT2D eigenvalue weighted by Crippen LogP contribution is -2.56. The molecule has 1 heterocycles. The Hall–Kier alpha value is -1.66. The second kappa shape index (κ2) is 8.15. The summed E-state index contributed by atoms with van der Waals surface area (Å²) in [5.74, 6) is -0.189. The molecule has 1 aliphatic carbocycles. The zero-order chi connectivity index (χ0) is 17.7. The third-order valence-electron chi connectivity index (χ3n) is 5.48. The summed E-state index contributed by atoms with van der Waals surface area (Å²) in [7, 11) is 0. The summed E-state index contributed by atoms with van der Waals surface area (Å²) < 4.78 is 13.0. The van der Waals surface area contributed by atoms with E-state index in [1.807, 2.05) is 12.1 Å². The Bertz CT molecular complexity index is 563. The number of anilines is 1. The van der Waals surface area contributed by atoms with Crippen molar-refractivity contribution in [2.24, 2.45) is 5.73 Å². The van der Waals surface area contributed by atoms with E-state index in [4.69, 9.17) is 5.73 Å². The monoisotopic (exact) mass is 348 g/mol. The maximum absolute atomic E-state index is 13.0. The topological polar surface area (TPSA) is 61.6 Å². The maximum atomic E-state index is 13.0. The molecule has 3 N–H and O–H groups in total. The molecule has 2 fully saturated rings. The molecule has 1 aliphatic heterocycles. The first-order valence-corrected chi connectivity index (χ1v) is 9.37. The maximum Gasteiger partial charge on any atom is 0.240 e. The number of carbonyl (C=O) groups is 1. The molecule has 0 spiro atoms. The second-order valence-electron chi connectivity index (χ2n) is 7.28. The van der Waals surface area contributed by atoms with Crippen LogP contribution in [0, 0.1) is 5.82 Å². The van der Waals surface area contributed by atoms with Crippen LogP contribution in [0.2, 0.25) is 0 Å². The van der Waals surface area contributed by atoms with Gasteiger partial charge in [0.1, 0.15) is 5.82 Å². The van der Waals surface area contributed by atoms with E-state index in [1.54, 1.807) is 0 Å². The number of hydrogen-bond donors (Lipinski definition) is 2. The van der Waals surface area contributed by atoms with Crippen LogP contribution < -0.4 is 16.0 Å². The van der Waals surface area contributed by atoms with E-state index < -0.39 is 5.54 Å². The number of rotatable bonds is 5. The molecule has 1 saturated carbocycles. The van der Waals surface area contributed by atoms with Crippen molar-refractivity contribution in [2.75, 3.05) is 44.2 Å². The molecule has 0 unspecified atom stereocenters. The Balaban J connectivity index is 1.38. The van der Waals surface area contributed by atoms with Crippen LogP contribution in [0.3, 0.4) is 0 Å². The van der Waals surface area contributed by atoms with E-state index in [1.165, 1.54) is 18.6 Å². The van der Waals surface area contributed by atoms with E-state index in [0.717, 1.165) is 64.1 Å². The SMILES string of the molecule is NC1(C(=O)NCCN2CCN(c3ccc(F)cc3)CC2)CCCCC1. The normalized spacial score (nSPS) is 21.1. The van der Waals surface area contributed by atoms with Gasteiger partial charge in [0.05, 0.1) is 5.54 Å². The van der Waals surface area contributed by atoms with Crippen LogP contribution in [0.25, 0.3) is 0 Å². The van der Waals surface area contributed by atoms with Crippen molar-refractivity contribution in [3.8, 4) is 0 Å². The Morgan fingerprint density at radius 1 is 1.08 bits per heavy atom. The predicted molar refractivity (Wildman–Crippen MR) is 98.1 cm³/mol. The van der Waals surface area contributed by atoms with Gasteiger partial charge in [-0.15, -0.1) is 0 Å². The smallest absolute Gasteiger partial charge is 0.240 e. The molecule has 25 heavy (non-hydrogen) atoms. The number of hydrogen-bond acceptors (Lipinski definition) is 4. The molecule has 0 bridgehead atoms. The van der Waals surface area contributed by atoms with Crippen LogP contribution in [-0.4, -0.2) is 55.6 Å². The molecular formula is C19H29FN4O. The summed E-state index contributed by atoms with van der Waals surface area (Å²) in [5.41, 5.74) is 6.67. The van der Waals surface area contributed by atoms with Gasteiger partial charge >= 0.3 is 0 Å². The minimum Gasteiger partial charge on any atom is -0.369 e. The molecule has 5 nitrogen and oxygen atoms in total. The van der Waals surface area contributed by atoms with Gasteiger partial charge in [-0.1, -0.05) is 19.3 Å². The minimum absolute atomic E-state index is 0.0112. The third-order valence-corrected chi connectivity index (χ3v) is 5.48. The quantitative estimate of drug-likeness (QED) is 0.851. The van der Waals surface area contributed by atoms with Crippen LogP contribution in [-0.2, 0) is 4.79 Å². The van der Waals surface area contributed by atoms with Crippen LogP contribution in [0.5, 0.6) is 0 Å². The van der Waals surface area contributed by atoms with Crippen molar-refractivity contribution in [3.05, 3.63) is 30.1 Å². The van der Waals surface area contributed by atoms with Crippen molar-refractivity contribution >= 4 is 11.6 Å². The Morgan fingerprint density at radius 2 is 1.72 bits per heavy atom. The van der Waals surface area contributed by atoms with Crippen molar-refractivity contribution in [3.63, 3.8) is 0 Å². The molecule has 0 aromatic heterocycles. The van der Waals surface area contributed by atoms with Gasteiger partial charge in [0, 0.05) is 45.0 Å². The number of piperazine rings is 1. The lowest BCUT2D eigenvalue weighted by atomic mass is 9.82. The molecular weight excluding hydrogens is 319 g/mol. The molecule has 1 saturated heterocycles. The molecule has 6 heteroatoms. The van der Waals surface area contributed by atoms with Gasteiger partial charge in [-0.2, -0.15) is 0 Å². The summed E-state index contributed by atoms with van der Waals surface area (Å²) in [6, 6.07) is 6.67. The number of nitrogens with two attached hydrogens (primary N) is 1. The van der Waals surface area contributed by atoms with Crippen molar-refractivity contribution in [2.45, 2.75) is 37.6 Å². The second-order valence-corrected chi connectivity index (χ2v) is 7.28. The highest BCUT2D eigenvalue weighted by molar-refractivity contribution is 5.86. The Morgan fingerprint density at radius 3 is 2.36 bits per heavy atom. The molecule has 1 aromatic rings. The van der Waals surface area contributed by atoms with Crippen LogP contribution in [0.4, 0.5) is 10.1 Å². The van der Waals surface area contributed by atoms with Crippen LogP contribution >= 0.6 is 0 Å². The van der Waals surface area contributed by atoms with Crippen molar-refractivity contribution in [1.29, 1.82) is 0 Å². The van der Waals surface area contributed by atoms with Gasteiger partial charge in [0.2, 0.25) is 5.91 Å². The van der Waals surface area contributed by atoms with E-state index >= 15 is 0 Å². The zero-order valence-electron chi connectivity index (χ0n) is 14.8. The van der Waals surface area contributed by atoms with E-state index in [-0.39, 0.29) is 11.7 Å². The lowest BCUT2D eigenvalue weighted by Gasteiger charge is -2.36. The molecule has 0 radical (unpaired) electrons. The molecule has 0 atom stereocenters. The summed E-state index contributed by atoms with van der Waals surface area (Å²) in [6.45, 7) is 5.22. The predicted octanol–water partition coefficient (Wildman–Crippen LogP) is 1.73. The van der Waals surface area contributed by atoms with Gasteiger partial charge < -0.3 is 16.0 Å². The van der Waals surface area contributed by atoms with E-state index in [9.17, 15) is 9.18 Å². The first-order valence-electron chi connectivity index (χ1n) is 9.37. The molecule has 1 amide bonds. The minimum atomic E-state index is -0.653. The number of carbonyl (C=O) groups excluding carboxylic acids is 1. The fraction of sp³-hybridized carbons (Fsp3) is 0.632. The van der Waals surface area contributed by atoms with E-state index in [2.05, 4.69) is 15.1 Å². The average Bonchev–Trinajstić information content (AvgIpc) is 2.63. The molecule has 1 aromatic carbocycles. The number of nitrogens with zero attached hydrogens (tertiary/aromatic N) is 2. The highest BCUT2D eigenvalue weighted by Gasteiger charge is 2.34. The Labute approximate surface area is 149 Å².